The smallest absolute Gasteiger partial charge is 0.340 e. The van der Waals surface area contributed by atoms with Gasteiger partial charge in [-0.3, -0.25) is 5.10 Å². The molecule has 0 unspecified atom stereocenters. The standard InChI is InChI=1S/C10H15N3O5S/c1-18-10(3-2-4-10)6-12-19(16,17)8-7(9(14)15)5-11-13-8/h5,12H,2-4,6H2,1H3,(H,11,13)(H,14,15). The van der Waals surface area contributed by atoms with Gasteiger partial charge in [0.2, 0.25) is 0 Å². The SMILES string of the molecule is COC1(CNS(=O)(=O)c2[nH]ncc2C(=O)O)CCC1. The minimum atomic E-state index is -3.94. The molecule has 0 amide bonds. The van der Waals surface area contributed by atoms with Crippen LogP contribution in [0.15, 0.2) is 11.2 Å². The molecule has 19 heavy (non-hydrogen) atoms. The number of aromatic amines is 1. The number of nitrogens with zero attached hydrogens (tertiary/aromatic N) is 1. The molecule has 0 saturated heterocycles. The second kappa shape index (κ2) is 4.91. The van der Waals surface area contributed by atoms with E-state index < -0.39 is 26.6 Å². The summed E-state index contributed by atoms with van der Waals surface area (Å²) in [5.74, 6) is -1.35. The van der Waals surface area contributed by atoms with Crippen LogP contribution in [-0.4, -0.2) is 48.9 Å². The highest BCUT2D eigenvalue weighted by Crippen LogP contribution is 2.34. The van der Waals surface area contributed by atoms with Crippen molar-refractivity contribution in [1.29, 1.82) is 0 Å². The Balaban J connectivity index is 2.14. The Morgan fingerprint density at radius 3 is 2.79 bits per heavy atom. The first-order chi connectivity index (χ1) is 8.90. The molecule has 0 spiro atoms. The monoisotopic (exact) mass is 289 g/mol. The predicted molar refractivity (Wildman–Crippen MR) is 64.3 cm³/mol. The van der Waals surface area contributed by atoms with Gasteiger partial charge in [0, 0.05) is 13.7 Å². The summed E-state index contributed by atoms with van der Waals surface area (Å²) in [7, 11) is -2.41. The van der Waals surface area contributed by atoms with Crippen LogP contribution in [0.25, 0.3) is 0 Å². The summed E-state index contributed by atoms with van der Waals surface area (Å²) in [5.41, 5.74) is -0.858. The van der Waals surface area contributed by atoms with Gasteiger partial charge in [-0.15, -0.1) is 0 Å². The number of hydrogen-bond acceptors (Lipinski definition) is 5. The van der Waals surface area contributed by atoms with Gasteiger partial charge in [-0.05, 0) is 19.3 Å². The number of nitrogens with one attached hydrogen (secondary N) is 2. The van der Waals surface area contributed by atoms with Crippen molar-refractivity contribution in [3.05, 3.63) is 11.8 Å². The largest absolute Gasteiger partial charge is 0.478 e. The van der Waals surface area contributed by atoms with E-state index in [-0.39, 0.29) is 12.1 Å². The molecule has 8 nitrogen and oxygen atoms in total. The van der Waals surface area contributed by atoms with Crippen LogP contribution in [0.3, 0.4) is 0 Å². The minimum Gasteiger partial charge on any atom is -0.478 e. The highest BCUT2D eigenvalue weighted by molar-refractivity contribution is 7.89. The van der Waals surface area contributed by atoms with E-state index in [1.54, 1.807) is 0 Å². The fourth-order valence-electron chi connectivity index (χ4n) is 1.95. The van der Waals surface area contributed by atoms with Crippen molar-refractivity contribution in [2.24, 2.45) is 0 Å². The summed E-state index contributed by atoms with van der Waals surface area (Å²) in [5, 5.41) is 14.1. The number of carboxylic acid groups (broad SMARTS) is 1. The molecule has 0 aliphatic heterocycles. The molecule has 0 atom stereocenters. The summed E-state index contributed by atoms with van der Waals surface area (Å²) in [4.78, 5) is 10.9. The molecule has 3 N–H and O–H groups in total. The molecular formula is C10H15N3O5S. The maximum atomic E-state index is 12.0. The Hall–Kier alpha value is -1.45. The lowest BCUT2D eigenvalue weighted by molar-refractivity contribution is -0.0659. The van der Waals surface area contributed by atoms with Crippen LogP contribution in [0.2, 0.25) is 0 Å². The lowest BCUT2D eigenvalue weighted by atomic mass is 9.80. The second-order valence-corrected chi connectivity index (χ2v) is 6.19. The van der Waals surface area contributed by atoms with Crippen LogP contribution >= 0.6 is 0 Å². The number of carbonyl (C=O) groups is 1. The van der Waals surface area contributed by atoms with E-state index >= 15 is 0 Å². The first kappa shape index (κ1) is 14.0. The number of aromatic nitrogens is 2. The molecule has 1 heterocycles. The number of sulfonamides is 1. The zero-order valence-electron chi connectivity index (χ0n) is 10.3. The van der Waals surface area contributed by atoms with Gasteiger partial charge in [-0.25, -0.2) is 17.9 Å². The second-order valence-electron chi connectivity index (χ2n) is 4.48. The van der Waals surface area contributed by atoms with Crippen molar-refractivity contribution in [2.45, 2.75) is 29.9 Å². The third-order valence-electron chi connectivity index (χ3n) is 3.39. The Morgan fingerprint density at radius 1 is 1.63 bits per heavy atom. The third kappa shape index (κ3) is 2.62. The summed E-state index contributed by atoms with van der Waals surface area (Å²) in [6, 6.07) is 0. The van der Waals surface area contributed by atoms with E-state index in [1.165, 1.54) is 7.11 Å². The number of methoxy groups -OCH3 is 1. The van der Waals surface area contributed by atoms with Crippen molar-refractivity contribution < 1.29 is 23.1 Å². The third-order valence-corrected chi connectivity index (χ3v) is 4.76. The van der Waals surface area contributed by atoms with E-state index in [1.807, 2.05) is 0 Å². The van der Waals surface area contributed by atoms with Crippen LogP contribution in [0.5, 0.6) is 0 Å². The molecule has 106 valence electrons. The van der Waals surface area contributed by atoms with Gasteiger partial charge in [0.05, 0.1) is 11.8 Å². The zero-order valence-corrected chi connectivity index (χ0v) is 11.2. The van der Waals surface area contributed by atoms with E-state index in [9.17, 15) is 13.2 Å². The summed E-state index contributed by atoms with van der Waals surface area (Å²) < 4.78 is 31.7. The zero-order chi connectivity index (χ0) is 14.1. The molecule has 1 fully saturated rings. The summed E-state index contributed by atoms with van der Waals surface area (Å²) in [6.07, 6.45) is 3.51. The van der Waals surface area contributed by atoms with Gasteiger partial charge >= 0.3 is 5.97 Å². The number of H-pyrrole nitrogens is 1. The molecule has 0 aromatic carbocycles. The number of hydrogen-bond donors (Lipinski definition) is 3. The van der Waals surface area contributed by atoms with Crippen LogP contribution in [-0.2, 0) is 14.8 Å². The first-order valence-electron chi connectivity index (χ1n) is 5.72. The fourth-order valence-corrected chi connectivity index (χ4v) is 3.15. The van der Waals surface area contributed by atoms with E-state index in [0.29, 0.717) is 0 Å². The van der Waals surface area contributed by atoms with Gasteiger partial charge in [-0.1, -0.05) is 0 Å². The van der Waals surface area contributed by atoms with E-state index in [4.69, 9.17) is 9.84 Å². The van der Waals surface area contributed by atoms with Crippen LogP contribution in [0.4, 0.5) is 0 Å². The van der Waals surface area contributed by atoms with Gasteiger partial charge in [0.1, 0.15) is 5.56 Å². The average molecular weight is 289 g/mol. The highest BCUT2D eigenvalue weighted by Gasteiger charge is 2.38. The lowest BCUT2D eigenvalue weighted by Gasteiger charge is -2.40. The maximum absolute atomic E-state index is 12.0. The van der Waals surface area contributed by atoms with E-state index in [0.717, 1.165) is 25.5 Å². The van der Waals surface area contributed by atoms with Crippen molar-refractivity contribution in [1.82, 2.24) is 14.9 Å². The summed E-state index contributed by atoms with van der Waals surface area (Å²) in [6.45, 7) is 0.115. The highest BCUT2D eigenvalue weighted by atomic mass is 32.2. The number of rotatable bonds is 6. The molecule has 1 saturated carbocycles. The van der Waals surface area contributed by atoms with Crippen molar-refractivity contribution in [3.63, 3.8) is 0 Å². The van der Waals surface area contributed by atoms with Gasteiger partial charge in [0.15, 0.2) is 5.03 Å². The molecule has 1 aliphatic carbocycles. The average Bonchev–Trinajstić information content (AvgIpc) is 2.77. The first-order valence-corrected chi connectivity index (χ1v) is 7.20. The van der Waals surface area contributed by atoms with Crippen molar-refractivity contribution >= 4 is 16.0 Å². The Morgan fingerprint density at radius 2 is 2.32 bits per heavy atom. The Bertz CT molecular complexity index is 570. The molecule has 9 heteroatoms. The molecule has 0 bridgehead atoms. The fraction of sp³-hybridized carbons (Fsp3) is 0.600. The molecule has 1 aromatic heterocycles. The predicted octanol–water partition coefficient (Wildman–Crippen LogP) is -0.0447. The van der Waals surface area contributed by atoms with Crippen LogP contribution in [0, 0.1) is 0 Å². The Kier molecular flexibility index (Phi) is 3.61. The number of ether oxygens (including phenoxy) is 1. The van der Waals surface area contributed by atoms with Crippen molar-refractivity contribution in [2.75, 3.05) is 13.7 Å². The molecule has 2 rings (SSSR count). The normalized spacial score (nSPS) is 17.9. The van der Waals surface area contributed by atoms with E-state index in [2.05, 4.69) is 14.9 Å². The van der Waals surface area contributed by atoms with Gasteiger partial charge in [-0.2, -0.15) is 5.10 Å². The number of aromatic carboxylic acids is 1. The Labute approximate surface area is 110 Å². The lowest BCUT2D eigenvalue weighted by Crippen LogP contribution is -2.49. The van der Waals surface area contributed by atoms with Crippen LogP contribution in [0.1, 0.15) is 29.6 Å². The number of carboxylic acids is 1. The van der Waals surface area contributed by atoms with Gasteiger partial charge in [0.25, 0.3) is 10.0 Å². The van der Waals surface area contributed by atoms with Crippen molar-refractivity contribution in [3.8, 4) is 0 Å². The quantitative estimate of drug-likeness (QED) is 0.675. The minimum absolute atomic E-state index is 0.115. The molecular weight excluding hydrogens is 274 g/mol. The summed E-state index contributed by atoms with van der Waals surface area (Å²) >= 11 is 0. The molecule has 0 radical (unpaired) electrons. The molecule has 1 aromatic rings. The van der Waals surface area contributed by atoms with Crippen LogP contribution < -0.4 is 4.72 Å². The maximum Gasteiger partial charge on any atom is 0.340 e. The topological polar surface area (TPSA) is 121 Å². The molecule has 1 aliphatic rings. The van der Waals surface area contributed by atoms with Gasteiger partial charge < -0.3 is 9.84 Å².